The van der Waals surface area contributed by atoms with Crippen LogP contribution in [0.5, 0.6) is 0 Å². The van der Waals surface area contributed by atoms with Gasteiger partial charge in [0.05, 0.1) is 5.41 Å². The van der Waals surface area contributed by atoms with Crippen molar-refractivity contribution in [1.82, 2.24) is 10.2 Å². The molecule has 2 aliphatic heterocycles. The van der Waals surface area contributed by atoms with E-state index in [1.54, 1.807) is 0 Å². The van der Waals surface area contributed by atoms with E-state index in [4.69, 9.17) is 4.74 Å². The first-order valence-corrected chi connectivity index (χ1v) is 10.3. The molecule has 3 fully saturated rings. The van der Waals surface area contributed by atoms with E-state index in [1.807, 2.05) is 0 Å². The van der Waals surface area contributed by atoms with Gasteiger partial charge >= 0.3 is 0 Å². The van der Waals surface area contributed by atoms with E-state index in [0.29, 0.717) is 25.2 Å². The predicted molar refractivity (Wildman–Crippen MR) is 103 cm³/mol. The van der Waals surface area contributed by atoms with Crippen LogP contribution in [-0.4, -0.2) is 49.7 Å². The molecule has 0 spiro atoms. The molecule has 0 bridgehead atoms. The van der Waals surface area contributed by atoms with Crippen LogP contribution >= 0.6 is 0 Å². The Balaban J connectivity index is 1.44. The third kappa shape index (κ3) is 3.81. The quantitative estimate of drug-likeness (QED) is 0.882. The minimum atomic E-state index is -0.389. The summed E-state index contributed by atoms with van der Waals surface area (Å²) in [6.45, 7) is 6.40. The molecular weight excluding hydrogens is 324 g/mol. The van der Waals surface area contributed by atoms with Gasteiger partial charge in [-0.15, -0.1) is 0 Å². The van der Waals surface area contributed by atoms with Gasteiger partial charge in [0.1, 0.15) is 0 Å². The number of carbonyl (C=O) groups is 1. The van der Waals surface area contributed by atoms with Gasteiger partial charge in [0.25, 0.3) is 0 Å². The van der Waals surface area contributed by atoms with E-state index in [1.165, 1.54) is 30.5 Å². The Morgan fingerprint density at radius 1 is 1.12 bits per heavy atom. The smallest absolute Gasteiger partial charge is 0.233 e. The zero-order chi connectivity index (χ0) is 18.0. The lowest BCUT2D eigenvalue weighted by Crippen LogP contribution is -2.53. The molecule has 3 aliphatic rings. The summed E-state index contributed by atoms with van der Waals surface area (Å²) in [5.74, 6) is 1.24. The van der Waals surface area contributed by atoms with Crippen LogP contribution in [0.4, 0.5) is 0 Å². The van der Waals surface area contributed by atoms with Gasteiger partial charge in [0.2, 0.25) is 5.91 Å². The fourth-order valence-electron chi connectivity index (χ4n) is 4.46. The Labute approximate surface area is 157 Å². The minimum Gasteiger partial charge on any atom is -0.381 e. The van der Waals surface area contributed by atoms with Gasteiger partial charge in [0.15, 0.2) is 0 Å². The number of rotatable bonds is 5. The molecule has 0 unspecified atom stereocenters. The molecule has 142 valence electrons. The monoisotopic (exact) mass is 356 g/mol. The number of hydrogen-bond donors (Lipinski definition) is 1. The molecule has 1 amide bonds. The van der Waals surface area contributed by atoms with Gasteiger partial charge in [-0.2, -0.15) is 0 Å². The number of likely N-dealkylation sites (tertiary alicyclic amines) is 1. The van der Waals surface area contributed by atoms with E-state index < -0.39 is 0 Å². The Bertz CT molecular complexity index is 610. The van der Waals surface area contributed by atoms with Crippen LogP contribution in [-0.2, 0) is 14.9 Å². The Morgan fingerprint density at radius 3 is 2.38 bits per heavy atom. The number of amides is 1. The lowest BCUT2D eigenvalue weighted by atomic mass is 9.72. The first-order chi connectivity index (χ1) is 12.7. The average molecular weight is 357 g/mol. The van der Waals surface area contributed by atoms with E-state index in [2.05, 4.69) is 41.4 Å². The largest absolute Gasteiger partial charge is 0.381 e. The van der Waals surface area contributed by atoms with Crippen molar-refractivity contribution in [2.75, 3.05) is 32.8 Å². The molecule has 26 heavy (non-hydrogen) atoms. The van der Waals surface area contributed by atoms with Crippen molar-refractivity contribution in [3.8, 4) is 0 Å². The van der Waals surface area contributed by atoms with Crippen LogP contribution in [0, 0.1) is 12.8 Å². The summed E-state index contributed by atoms with van der Waals surface area (Å²) < 4.78 is 5.60. The van der Waals surface area contributed by atoms with E-state index in [0.717, 1.165) is 44.7 Å². The van der Waals surface area contributed by atoms with Gasteiger partial charge < -0.3 is 15.0 Å². The molecule has 1 N–H and O–H groups in total. The highest BCUT2D eigenvalue weighted by Crippen LogP contribution is 2.37. The minimum absolute atomic E-state index is 0.324. The lowest BCUT2D eigenvalue weighted by molar-refractivity contribution is -0.142. The summed E-state index contributed by atoms with van der Waals surface area (Å²) in [5, 5.41) is 3.71. The second-order valence-corrected chi connectivity index (χ2v) is 8.48. The predicted octanol–water partition coefficient (Wildman–Crippen LogP) is 3.03. The maximum atomic E-state index is 13.6. The first-order valence-electron chi connectivity index (χ1n) is 10.3. The number of nitrogens with one attached hydrogen (secondary N) is 1. The van der Waals surface area contributed by atoms with Crippen LogP contribution in [0.3, 0.4) is 0 Å². The second kappa shape index (κ2) is 7.69. The molecule has 1 aliphatic carbocycles. The molecule has 0 atom stereocenters. The van der Waals surface area contributed by atoms with Crippen molar-refractivity contribution in [1.29, 1.82) is 0 Å². The maximum absolute atomic E-state index is 13.6. The molecule has 0 radical (unpaired) electrons. The molecule has 2 heterocycles. The number of aryl methyl sites for hydroxylation is 1. The molecule has 4 heteroatoms. The van der Waals surface area contributed by atoms with E-state index in [9.17, 15) is 4.79 Å². The second-order valence-electron chi connectivity index (χ2n) is 8.48. The molecule has 0 aromatic heterocycles. The van der Waals surface area contributed by atoms with E-state index >= 15 is 0 Å². The number of carbonyl (C=O) groups excluding carboxylic acids is 1. The van der Waals surface area contributed by atoms with Crippen LogP contribution in [0.15, 0.2) is 24.3 Å². The summed E-state index contributed by atoms with van der Waals surface area (Å²) >= 11 is 0. The van der Waals surface area contributed by atoms with Crippen molar-refractivity contribution in [2.24, 2.45) is 5.92 Å². The SMILES string of the molecule is Cc1ccc(C2(C(=O)N3CCC(NCC4CC4)CC3)CCOCC2)cc1. The highest BCUT2D eigenvalue weighted by Gasteiger charge is 2.44. The third-order valence-corrected chi connectivity index (χ3v) is 6.53. The number of ether oxygens (including phenoxy) is 1. The fourth-order valence-corrected chi connectivity index (χ4v) is 4.46. The standard InChI is InChI=1S/C22H32N2O2/c1-17-2-6-19(7-3-17)22(10-14-26-15-11-22)21(25)24-12-8-20(9-13-24)23-16-18-4-5-18/h2-3,6-7,18,20,23H,4-5,8-16H2,1H3. The third-order valence-electron chi connectivity index (χ3n) is 6.53. The maximum Gasteiger partial charge on any atom is 0.233 e. The Kier molecular flexibility index (Phi) is 5.32. The van der Waals surface area contributed by atoms with Crippen LogP contribution in [0.1, 0.15) is 49.7 Å². The molecule has 4 nitrogen and oxygen atoms in total. The van der Waals surface area contributed by atoms with Gasteiger partial charge in [-0.3, -0.25) is 4.79 Å². The molecule has 4 rings (SSSR count). The van der Waals surface area contributed by atoms with E-state index in [-0.39, 0.29) is 5.41 Å². The fraction of sp³-hybridized carbons (Fsp3) is 0.682. The number of piperidine rings is 1. The van der Waals surface area contributed by atoms with Crippen molar-refractivity contribution in [3.63, 3.8) is 0 Å². The molecular formula is C22H32N2O2. The van der Waals surface area contributed by atoms with Crippen LogP contribution in [0.2, 0.25) is 0 Å². The van der Waals surface area contributed by atoms with Gasteiger partial charge in [-0.25, -0.2) is 0 Å². The summed E-state index contributed by atoms with van der Waals surface area (Å²) in [6.07, 6.45) is 6.55. The summed E-state index contributed by atoms with van der Waals surface area (Å²) in [7, 11) is 0. The van der Waals surface area contributed by atoms with Crippen molar-refractivity contribution < 1.29 is 9.53 Å². The molecule has 2 saturated heterocycles. The topological polar surface area (TPSA) is 41.6 Å². The van der Waals surface area contributed by atoms with Crippen molar-refractivity contribution in [2.45, 2.75) is 56.9 Å². The summed E-state index contributed by atoms with van der Waals surface area (Å²) in [4.78, 5) is 15.7. The van der Waals surface area contributed by atoms with Gasteiger partial charge in [-0.05, 0) is 63.5 Å². The summed E-state index contributed by atoms with van der Waals surface area (Å²) in [6, 6.07) is 9.16. The highest BCUT2D eigenvalue weighted by atomic mass is 16.5. The van der Waals surface area contributed by atoms with Crippen molar-refractivity contribution in [3.05, 3.63) is 35.4 Å². The number of hydrogen-bond acceptors (Lipinski definition) is 3. The zero-order valence-corrected chi connectivity index (χ0v) is 16.0. The first kappa shape index (κ1) is 18.0. The zero-order valence-electron chi connectivity index (χ0n) is 16.0. The molecule has 1 saturated carbocycles. The molecule has 1 aromatic carbocycles. The normalized spacial score (nSPS) is 23.8. The number of nitrogens with zero attached hydrogens (tertiary/aromatic N) is 1. The highest BCUT2D eigenvalue weighted by molar-refractivity contribution is 5.88. The summed E-state index contributed by atoms with van der Waals surface area (Å²) in [5.41, 5.74) is 2.02. The Hall–Kier alpha value is -1.39. The lowest BCUT2D eigenvalue weighted by Gasteiger charge is -2.42. The van der Waals surface area contributed by atoms with Gasteiger partial charge in [0, 0.05) is 32.3 Å². The number of benzene rings is 1. The van der Waals surface area contributed by atoms with Crippen LogP contribution < -0.4 is 5.32 Å². The van der Waals surface area contributed by atoms with Crippen molar-refractivity contribution >= 4 is 5.91 Å². The van der Waals surface area contributed by atoms with Gasteiger partial charge in [-0.1, -0.05) is 29.8 Å². The van der Waals surface area contributed by atoms with Crippen LogP contribution in [0.25, 0.3) is 0 Å². The molecule has 1 aromatic rings. The average Bonchev–Trinajstić information content (AvgIpc) is 3.52. The Morgan fingerprint density at radius 2 is 1.77 bits per heavy atom.